The fraction of sp³-hybridized carbons (Fsp3) is 0.207. The number of carbonyl (C=O) groups excluding carboxylic acids is 1. The van der Waals surface area contributed by atoms with E-state index in [1.54, 1.807) is 54.9 Å². The lowest BCUT2D eigenvalue weighted by Crippen LogP contribution is -2.31. The first kappa shape index (κ1) is 25.7. The molecular weight excluding hydrogens is 468 g/mol. The number of likely N-dealkylation sites (N-methyl/N-ethyl adjacent to an activating group) is 1. The molecule has 8 nitrogen and oxygen atoms in total. The van der Waals surface area contributed by atoms with Crippen LogP contribution in [0.2, 0.25) is 0 Å². The van der Waals surface area contributed by atoms with Gasteiger partial charge in [0.05, 0.1) is 28.0 Å². The normalized spacial score (nSPS) is 11.8. The number of aromatic carboxylic acids is 1. The summed E-state index contributed by atoms with van der Waals surface area (Å²) in [5, 5.41) is 24.3. The highest BCUT2D eigenvalue weighted by Gasteiger charge is 2.23. The van der Waals surface area contributed by atoms with Crippen LogP contribution < -0.4 is 5.32 Å². The predicted molar refractivity (Wildman–Crippen MR) is 145 cm³/mol. The minimum Gasteiger partial charge on any atom is -0.494 e. The van der Waals surface area contributed by atoms with Gasteiger partial charge < -0.3 is 25.0 Å². The Morgan fingerprint density at radius 3 is 2.30 bits per heavy atom. The van der Waals surface area contributed by atoms with Gasteiger partial charge >= 0.3 is 5.97 Å². The molecule has 0 unspecified atom stereocenters. The van der Waals surface area contributed by atoms with Crippen LogP contribution in [0.25, 0.3) is 10.9 Å². The van der Waals surface area contributed by atoms with Crippen molar-refractivity contribution in [2.75, 3.05) is 27.2 Å². The Hall–Kier alpha value is -4.43. The minimum atomic E-state index is -1.02. The van der Waals surface area contributed by atoms with Gasteiger partial charge in [-0.1, -0.05) is 30.3 Å². The van der Waals surface area contributed by atoms with Gasteiger partial charge in [-0.3, -0.25) is 4.79 Å². The molecule has 0 spiro atoms. The summed E-state index contributed by atoms with van der Waals surface area (Å²) in [5.74, 6) is -1.20. The molecule has 0 saturated carbocycles. The van der Waals surface area contributed by atoms with Crippen molar-refractivity contribution in [2.45, 2.75) is 6.92 Å². The number of aromatic nitrogens is 1. The number of aromatic hydroxyl groups is 1. The van der Waals surface area contributed by atoms with Gasteiger partial charge in [-0.25, -0.2) is 9.79 Å². The molecule has 1 heterocycles. The maximum Gasteiger partial charge on any atom is 0.336 e. The molecule has 0 aliphatic carbocycles. The second-order valence-electron chi connectivity index (χ2n) is 9.18. The van der Waals surface area contributed by atoms with Gasteiger partial charge in [-0.2, -0.15) is 0 Å². The van der Waals surface area contributed by atoms with E-state index >= 15 is 0 Å². The van der Waals surface area contributed by atoms with Crippen LogP contribution in [0.15, 0.2) is 71.7 Å². The molecule has 0 aliphatic rings. The first-order valence-electron chi connectivity index (χ1n) is 11.9. The van der Waals surface area contributed by atoms with Gasteiger partial charge in [0.15, 0.2) is 0 Å². The summed E-state index contributed by atoms with van der Waals surface area (Å²) < 4.78 is 1.57. The molecule has 3 N–H and O–H groups in total. The van der Waals surface area contributed by atoms with Gasteiger partial charge in [-0.15, -0.1) is 0 Å². The number of aryl methyl sites for hydroxylation is 2. The molecule has 0 aliphatic heterocycles. The van der Waals surface area contributed by atoms with E-state index in [4.69, 9.17) is 4.99 Å². The van der Waals surface area contributed by atoms with Crippen molar-refractivity contribution in [1.82, 2.24) is 14.8 Å². The first-order chi connectivity index (χ1) is 17.7. The van der Waals surface area contributed by atoms with E-state index in [-0.39, 0.29) is 17.4 Å². The molecule has 1 amide bonds. The van der Waals surface area contributed by atoms with Crippen molar-refractivity contribution in [3.8, 4) is 5.88 Å². The summed E-state index contributed by atoms with van der Waals surface area (Å²) in [6, 6.07) is 19.8. The zero-order chi connectivity index (χ0) is 26.7. The molecule has 0 atom stereocenters. The topological polar surface area (TPSA) is 107 Å². The second-order valence-corrected chi connectivity index (χ2v) is 9.18. The largest absolute Gasteiger partial charge is 0.494 e. The molecule has 0 saturated heterocycles. The molecule has 37 heavy (non-hydrogen) atoms. The quantitative estimate of drug-likeness (QED) is 0.313. The van der Waals surface area contributed by atoms with Crippen LogP contribution in [0.4, 0.5) is 5.69 Å². The number of nitrogens with zero attached hydrogens (tertiary/aromatic N) is 3. The van der Waals surface area contributed by atoms with E-state index in [1.807, 2.05) is 49.3 Å². The molecular formula is C29H30N4O4. The van der Waals surface area contributed by atoms with Crippen molar-refractivity contribution in [3.05, 3.63) is 94.5 Å². The van der Waals surface area contributed by atoms with E-state index in [9.17, 15) is 19.8 Å². The number of rotatable bonds is 8. The van der Waals surface area contributed by atoms with Crippen LogP contribution in [0, 0.1) is 6.92 Å². The van der Waals surface area contributed by atoms with E-state index < -0.39 is 5.97 Å². The number of nitrogens with one attached hydrogen (secondary N) is 1. The third kappa shape index (κ3) is 5.39. The van der Waals surface area contributed by atoms with Crippen LogP contribution in [0.1, 0.15) is 37.4 Å². The van der Waals surface area contributed by atoms with Gasteiger partial charge in [0, 0.05) is 36.7 Å². The summed E-state index contributed by atoms with van der Waals surface area (Å²) in [5.41, 5.74) is 4.33. The van der Waals surface area contributed by atoms with Gasteiger partial charge in [0.1, 0.15) is 0 Å². The molecule has 3 aromatic carbocycles. The number of benzene rings is 3. The number of carboxylic acid groups (broad SMARTS) is 1. The fourth-order valence-electron chi connectivity index (χ4n) is 4.21. The van der Waals surface area contributed by atoms with E-state index in [0.717, 1.165) is 12.1 Å². The Morgan fingerprint density at radius 2 is 1.68 bits per heavy atom. The lowest BCUT2D eigenvalue weighted by Gasteiger charge is -2.11. The zero-order valence-corrected chi connectivity index (χ0v) is 21.3. The average molecular weight is 499 g/mol. The number of hydrogen-bond acceptors (Lipinski definition) is 5. The van der Waals surface area contributed by atoms with Crippen molar-refractivity contribution in [3.63, 3.8) is 0 Å². The van der Waals surface area contributed by atoms with E-state index in [2.05, 4.69) is 5.32 Å². The average Bonchev–Trinajstić information content (AvgIpc) is 3.11. The molecule has 4 rings (SSSR count). The molecule has 0 bridgehead atoms. The number of aliphatic imine (C=N–C) groups is 1. The molecule has 4 aromatic rings. The highest BCUT2D eigenvalue weighted by Crippen LogP contribution is 2.35. The van der Waals surface area contributed by atoms with Crippen LogP contribution in [-0.4, -0.2) is 64.5 Å². The van der Waals surface area contributed by atoms with Crippen molar-refractivity contribution < 1.29 is 19.8 Å². The van der Waals surface area contributed by atoms with Gasteiger partial charge in [-0.05, 0) is 63.0 Å². The van der Waals surface area contributed by atoms with Gasteiger partial charge in [0.2, 0.25) is 5.88 Å². The number of amides is 1. The molecule has 8 heteroatoms. The third-order valence-corrected chi connectivity index (χ3v) is 6.24. The summed E-state index contributed by atoms with van der Waals surface area (Å²) in [6.45, 7) is 3.03. The summed E-state index contributed by atoms with van der Waals surface area (Å²) >= 11 is 0. The Kier molecular flexibility index (Phi) is 7.40. The number of carbonyl (C=O) groups is 2. The number of hydrogen-bond donors (Lipinski definition) is 3. The predicted octanol–water partition coefficient (Wildman–Crippen LogP) is 4.35. The summed E-state index contributed by atoms with van der Waals surface area (Å²) in [7, 11) is 5.58. The van der Waals surface area contributed by atoms with E-state index in [1.165, 1.54) is 0 Å². The smallest absolute Gasteiger partial charge is 0.336 e. The highest BCUT2D eigenvalue weighted by molar-refractivity contribution is 6.22. The molecule has 0 radical (unpaired) electrons. The summed E-state index contributed by atoms with van der Waals surface area (Å²) in [4.78, 5) is 31.0. The number of fused-ring (bicyclic) bond motifs is 1. The SMILES string of the molecule is Cc1cc2c(C(=Nc3ccc(C(=O)NCCN(C)C)cc3)c3ccccc3)c(O)n(C)c2cc1C(=O)O. The van der Waals surface area contributed by atoms with Crippen molar-refractivity contribution in [2.24, 2.45) is 12.0 Å². The lowest BCUT2D eigenvalue weighted by atomic mass is 9.98. The number of carboxylic acids is 1. The van der Waals surface area contributed by atoms with Crippen LogP contribution >= 0.6 is 0 Å². The monoisotopic (exact) mass is 498 g/mol. The van der Waals surface area contributed by atoms with Gasteiger partial charge in [0.25, 0.3) is 5.91 Å². The Balaban J connectivity index is 1.80. The molecule has 190 valence electrons. The zero-order valence-electron chi connectivity index (χ0n) is 21.3. The van der Waals surface area contributed by atoms with E-state index in [0.29, 0.717) is 45.5 Å². The first-order valence-corrected chi connectivity index (χ1v) is 11.9. The highest BCUT2D eigenvalue weighted by atomic mass is 16.4. The third-order valence-electron chi connectivity index (χ3n) is 6.24. The van der Waals surface area contributed by atoms with Crippen molar-refractivity contribution >= 4 is 34.2 Å². The molecule has 0 fully saturated rings. The Bertz CT molecular complexity index is 1490. The lowest BCUT2D eigenvalue weighted by molar-refractivity contribution is 0.0696. The minimum absolute atomic E-state index is 0.0172. The van der Waals surface area contributed by atoms with Crippen LogP contribution in [-0.2, 0) is 7.05 Å². The van der Waals surface area contributed by atoms with Crippen LogP contribution in [0.5, 0.6) is 5.88 Å². The Morgan fingerprint density at radius 1 is 1.00 bits per heavy atom. The standard InChI is InChI=1S/C29H30N4O4/c1-18-16-23-24(17-22(18)29(36)37)33(4)28(35)25(23)26(19-8-6-5-7-9-19)31-21-12-10-20(11-13-21)27(34)30-14-15-32(2)3/h5-13,16-17,35H,14-15H2,1-4H3,(H,30,34)(H,36,37). The maximum atomic E-state index is 12.5. The summed E-state index contributed by atoms with van der Waals surface area (Å²) in [6.07, 6.45) is 0. The second kappa shape index (κ2) is 10.7. The Labute approximate surface area is 215 Å². The fourth-order valence-corrected chi connectivity index (χ4v) is 4.21. The van der Waals surface area contributed by atoms with Crippen LogP contribution in [0.3, 0.4) is 0 Å². The van der Waals surface area contributed by atoms with Crippen molar-refractivity contribution in [1.29, 1.82) is 0 Å². The maximum absolute atomic E-state index is 12.5. The molecule has 1 aromatic heterocycles.